The van der Waals surface area contributed by atoms with Gasteiger partial charge >= 0.3 is 5.97 Å². The van der Waals surface area contributed by atoms with Crippen molar-refractivity contribution in [2.75, 3.05) is 14.1 Å². The molecule has 1 aliphatic carbocycles. The highest BCUT2D eigenvalue weighted by molar-refractivity contribution is 5.84. The Morgan fingerprint density at radius 1 is 1.06 bits per heavy atom. The summed E-state index contributed by atoms with van der Waals surface area (Å²) in [5.74, 6) is -0.708. The first-order chi connectivity index (χ1) is 14.8. The molecule has 0 heterocycles. The fourth-order valence-corrected chi connectivity index (χ4v) is 4.59. The quantitative estimate of drug-likeness (QED) is 0.680. The number of nitrogens with one attached hydrogen (secondary N) is 1. The maximum absolute atomic E-state index is 13.0. The molecule has 1 atom stereocenters. The summed E-state index contributed by atoms with van der Waals surface area (Å²) in [5.41, 5.74) is 3.49. The van der Waals surface area contributed by atoms with Crippen LogP contribution >= 0.6 is 0 Å². The summed E-state index contributed by atoms with van der Waals surface area (Å²) >= 11 is 0. The van der Waals surface area contributed by atoms with Crippen molar-refractivity contribution in [1.82, 2.24) is 10.2 Å². The minimum absolute atomic E-state index is 0.0826. The van der Waals surface area contributed by atoms with Gasteiger partial charge in [0.2, 0.25) is 6.10 Å². The van der Waals surface area contributed by atoms with E-state index >= 15 is 0 Å². The maximum atomic E-state index is 13.0. The highest BCUT2D eigenvalue weighted by Crippen LogP contribution is 2.36. The van der Waals surface area contributed by atoms with Crippen LogP contribution in [0.15, 0.2) is 54.6 Å². The van der Waals surface area contributed by atoms with Crippen LogP contribution < -0.4 is 5.32 Å². The molecule has 1 aliphatic rings. The van der Waals surface area contributed by atoms with Crippen LogP contribution in [0.3, 0.4) is 0 Å². The van der Waals surface area contributed by atoms with Gasteiger partial charge in [-0.1, -0.05) is 54.6 Å². The number of rotatable bonds is 7. The molecule has 1 unspecified atom stereocenters. The number of benzene rings is 2. The van der Waals surface area contributed by atoms with Crippen molar-refractivity contribution < 1.29 is 14.3 Å². The zero-order chi connectivity index (χ0) is 22.4. The number of hydrogen-bond acceptors (Lipinski definition) is 4. The van der Waals surface area contributed by atoms with Crippen LogP contribution in [0.2, 0.25) is 0 Å². The molecule has 1 amide bonds. The van der Waals surface area contributed by atoms with E-state index in [0.717, 1.165) is 32.1 Å². The van der Waals surface area contributed by atoms with Crippen molar-refractivity contribution in [3.8, 4) is 0 Å². The van der Waals surface area contributed by atoms with Crippen LogP contribution in [-0.4, -0.2) is 42.5 Å². The smallest absolute Gasteiger partial charge is 0.303 e. The normalized spacial score (nSPS) is 22.0. The lowest BCUT2D eigenvalue weighted by atomic mass is 9.74. The number of carbonyl (C=O) groups excluding carboxylic acids is 2. The summed E-state index contributed by atoms with van der Waals surface area (Å²) in [6.45, 7) is 3.50. The first-order valence-corrected chi connectivity index (χ1v) is 11.1. The van der Waals surface area contributed by atoms with Gasteiger partial charge in [-0.3, -0.25) is 9.59 Å². The summed E-state index contributed by atoms with van der Waals surface area (Å²) in [4.78, 5) is 26.9. The van der Waals surface area contributed by atoms with E-state index in [9.17, 15) is 9.59 Å². The fourth-order valence-electron chi connectivity index (χ4n) is 4.59. The molecule has 166 valence electrons. The molecule has 2 aromatic carbocycles. The second kappa shape index (κ2) is 10.1. The van der Waals surface area contributed by atoms with Gasteiger partial charge in [-0.2, -0.15) is 0 Å². The van der Waals surface area contributed by atoms with Crippen LogP contribution in [-0.2, 0) is 20.7 Å². The third-order valence-corrected chi connectivity index (χ3v) is 6.62. The lowest BCUT2D eigenvalue weighted by molar-refractivity contribution is -0.154. The molecule has 1 fully saturated rings. The lowest BCUT2D eigenvalue weighted by Gasteiger charge is -2.46. The number of esters is 1. The van der Waals surface area contributed by atoms with E-state index in [2.05, 4.69) is 55.5 Å². The topological polar surface area (TPSA) is 58.6 Å². The number of amides is 1. The van der Waals surface area contributed by atoms with Crippen LogP contribution in [0.5, 0.6) is 0 Å². The average molecular weight is 423 g/mol. The van der Waals surface area contributed by atoms with E-state index in [1.54, 1.807) is 0 Å². The predicted molar refractivity (Wildman–Crippen MR) is 123 cm³/mol. The highest BCUT2D eigenvalue weighted by Gasteiger charge is 2.38. The molecule has 31 heavy (non-hydrogen) atoms. The van der Waals surface area contributed by atoms with Gasteiger partial charge in [-0.25, -0.2) is 0 Å². The van der Waals surface area contributed by atoms with Crippen LogP contribution in [0.1, 0.15) is 55.4 Å². The van der Waals surface area contributed by atoms with Crippen molar-refractivity contribution >= 4 is 11.9 Å². The predicted octanol–water partition coefficient (Wildman–Crippen LogP) is 4.20. The molecule has 5 nitrogen and oxygen atoms in total. The summed E-state index contributed by atoms with van der Waals surface area (Å²) in [6, 6.07) is 17.9. The Morgan fingerprint density at radius 3 is 2.26 bits per heavy atom. The Balaban J connectivity index is 1.66. The molecule has 1 N–H and O–H groups in total. The third kappa shape index (κ3) is 5.73. The molecule has 2 aromatic rings. The molecule has 0 aliphatic heterocycles. The largest absolute Gasteiger partial charge is 0.447 e. The number of carbonyl (C=O) groups is 2. The van der Waals surface area contributed by atoms with Crippen LogP contribution in [0.25, 0.3) is 0 Å². The second-order valence-corrected chi connectivity index (χ2v) is 8.91. The lowest BCUT2D eigenvalue weighted by Crippen LogP contribution is -2.52. The molecule has 1 saturated carbocycles. The third-order valence-electron chi connectivity index (χ3n) is 6.62. The first kappa shape index (κ1) is 23.0. The fraction of sp³-hybridized carbons (Fsp3) is 0.462. The molecular formula is C26H34N2O3. The number of nitrogens with zero attached hydrogens (tertiary/aromatic N) is 1. The molecular weight excluding hydrogens is 388 g/mol. The van der Waals surface area contributed by atoms with Crippen LogP contribution in [0, 0.1) is 6.92 Å². The van der Waals surface area contributed by atoms with E-state index in [1.165, 1.54) is 18.1 Å². The second-order valence-electron chi connectivity index (χ2n) is 8.91. The highest BCUT2D eigenvalue weighted by atomic mass is 16.5. The molecule has 3 rings (SSSR count). The molecule has 0 aromatic heterocycles. The molecule has 0 radical (unpaired) electrons. The monoisotopic (exact) mass is 422 g/mol. The van der Waals surface area contributed by atoms with Gasteiger partial charge in [0.05, 0.1) is 0 Å². The summed E-state index contributed by atoms with van der Waals surface area (Å²) in [6.07, 6.45) is 3.90. The first-order valence-electron chi connectivity index (χ1n) is 11.1. The zero-order valence-electron chi connectivity index (χ0n) is 19.1. The van der Waals surface area contributed by atoms with Crippen molar-refractivity contribution in [2.24, 2.45) is 0 Å². The standard InChI is InChI=1S/C26H34N2O3/c1-19-10-8-9-13-22(19)18-26(28(3)4)16-14-23(15-17-26)27-25(30)24(31-20(2)29)21-11-6-5-7-12-21/h5-13,23-24H,14-18H2,1-4H3,(H,27,30). The number of aryl methyl sites for hydroxylation is 1. The molecule has 0 saturated heterocycles. The molecule has 0 bridgehead atoms. The maximum Gasteiger partial charge on any atom is 0.303 e. The molecule has 0 spiro atoms. The van der Waals surface area contributed by atoms with Gasteiger partial charge in [-0.05, 0) is 64.3 Å². The van der Waals surface area contributed by atoms with E-state index in [1.807, 2.05) is 30.3 Å². The Bertz CT molecular complexity index is 887. The number of likely N-dealkylation sites (N-methyl/N-ethyl adjacent to an activating group) is 1. The van der Waals surface area contributed by atoms with E-state index < -0.39 is 12.1 Å². The van der Waals surface area contributed by atoms with Crippen molar-refractivity contribution in [3.63, 3.8) is 0 Å². The van der Waals surface area contributed by atoms with E-state index in [4.69, 9.17) is 4.74 Å². The average Bonchev–Trinajstić information content (AvgIpc) is 2.75. The number of hydrogen-bond donors (Lipinski definition) is 1. The van der Waals surface area contributed by atoms with Gasteiger partial charge in [0.1, 0.15) is 0 Å². The summed E-state index contributed by atoms with van der Waals surface area (Å²) in [5, 5.41) is 3.14. The Labute approximate surface area is 185 Å². The van der Waals surface area contributed by atoms with Crippen molar-refractivity contribution in [2.45, 2.75) is 63.6 Å². The van der Waals surface area contributed by atoms with Crippen molar-refractivity contribution in [3.05, 3.63) is 71.3 Å². The Hall–Kier alpha value is -2.66. The minimum Gasteiger partial charge on any atom is -0.447 e. The van der Waals surface area contributed by atoms with Crippen molar-refractivity contribution in [1.29, 1.82) is 0 Å². The Morgan fingerprint density at radius 2 is 1.68 bits per heavy atom. The molecule has 5 heteroatoms. The zero-order valence-corrected chi connectivity index (χ0v) is 19.1. The van der Waals surface area contributed by atoms with Crippen LogP contribution in [0.4, 0.5) is 0 Å². The van der Waals surface area contributed by atoms with Gasteiger partial charge in [-0.15, -0.1) is 0 Å². The van der Waals surface area contributed by atoms with Gasteiger partial charge in [0.25, 0.3) is 5.91 Å². The summed E-state index contributed by atoms with van der Waals surface area (Å²) < 4.78 is 5.35. The number of ether oxygens (including phenoxy) is 1. The Kier molecular flexibility index (Phi) is 7.50. The van der Waals surface area contributed by atoms with Gasteiger partial charge in [0.15, 0.2) is 0 Å². The van der Waals surface area contributed by atoms with E-state index in [-0.39, 0.29) is 17.5 Å². The SMILES string of the molecule is CC(=O)OC(C(=O)NC1CCC(Cc2ccccc2C)(N(C)C)CC1)c1ccccc1. The summed E-state index contributed by atoms with van der Waals surface area (Å²) in [7, 11) is 4.31. The van der Waals surface area contributed by atoms with Gasteiger partial charge < -0.3 is 15.0 Å². The minimum atomic E-state index is -0.911. The van der Waals surface area contributed by atoms with Gasteiger partial charge in [0, 0.05) is 24.1 Å². The van der Waals surface area contributed by atoms with E-state index in [0.29, 0.717) is 5.56 Å².